The monoisotopic (exact) mass is 342 g/mol. The van der Waals surface area contributed by atoms with Crippen LogP contribution in [0.15, 0.2) is 36.7 Å². The van der Waals surface area contributed by atoms with E-state index in [1.165, 1.54) is 41.2 Å². The van der Waals surface area contributed by atoms with E-state index in [4.69, 9.17) is 5.11 Å². The Morgan fingerprint density at radius 2 is 2.00 bits per heavy atom. The van der Waals surface area contributed by atoms with Crippen molar-refractivity contribution in [2.75, 3.05) is 19.0 Å². The molecule has 2 amide bonds. The number of carbonyl (C=O) groups excluding carboxylic acids is 1. The van der Waals surface area contributed by atoms with E-state index in [1.807, 2.05) is 0 Å². The molecule has 1 unspecified atom stereocenters. The summed E-state index contributed by atoms with van der Waals surface area (Å²) in [5.41, 5.74) is 0.0732. The zero-order valence-corrected chi connectivity index (χ0v) is 13.1. The minimum atomic E-state index is -4.39. The molecule has 24 heavy (non-hydrogen) atoms. The Kier molecular flexibility index (Phi) is 5.13. The van der Waals surface area contributed by atoms with Crippen LogP contribution in [-0.2, 0) is 6.18 Å². The van der Waals surface area contributed by atoms with Crippen LogP contribution in [0.5, 0.6) is 0 Å². The number of carbonyl (C=O) groups is 1. The number of halogens is 3. The van der Waals surface area contributed by atoms with E-state index in [0.717, 1.165) is 12.1 Å². The van der Waals surface area contributed by atoms with Crippen molar-refractivity contribution in [2.45, 2.75) is 19.1 Å². The van der Waals surface area contributed by atoms with Gasteiger partial charge in [-0.2, -0.15) is 18.3 Å². The maximum atomic E-state index is 12.5. The molecule has 1 heterocycles. The number of likely N-dealkylation sites (N-methyl/N-ethyl adjacent to an activating group) is 1. The second kappa shape index (κ2) is 6.91. The lowest BCUT2D eigenvalue weighted by atomic mass is 10.2. The number of alkyl halides is 3. The zero-order valence-electron chi connectivity index (χ0n) is 13.1. The summed E-state index contributed by atoms with van der Waals surface area (Å²) in [4.78, 5) is 13.3. The number of aliphatic hydroxyl groups is 1. The first-order valence-electron chi connectivity index (χ1n) is 7.09. The minimum absolute atomic E-state index is 0.172. The molecule has 2 rings (SSSR count). The Labute approximate surface area is 136 Å². The first-order chi connectivity index (χ1) is 11.2. The van der Waals surface area contributed by atoms with Crippen LogP contribution in [0.25, 0.3) is 5.69 Å². The third kappa shape index (κ3) is 4.05. The van der Waals surface area contributed by atoms with E-state index in [1.54, 1.807) is 6.92 Å². The molecule has 0 saturated heterocycles. The number of aliphatic hydroxyl groups excluding tert-OH is 1. The van der Waals surface area contributed by atoms with Crippen LogP contribution < -0.4 is 5.32 Å². The molecular formula is C15H17F3N4O2. The molecule has 1 aromatic carbocycles. The van der Waals surface area contributed by atoms with Crippen LogP contribution >= 0.6 is 0 Å². The topological polar surface area (TPSA) is 70.4 Å². The summed E-state index contributed by atoms with van der Waals surface area (Å²) in [6.45, 7) is 1.51. The Morgan fingerprint density at radius 3 is 2.54 bits per heavy atom. The zero-order chi connectivity index (χ0) is 17.9. The number of amides is 2. The summed E-state index contributed by atoms with van der Waals surface area (Å²) in [6, 6.07) is 3.74. The first kappa shape index (κ1) is 17.8. The smallest absolute Gasteiger partial charge is 0.394 e. The molecule has 1 aromatic heterocycles. The molecule has 0 spiro atoms. The van der Waals surface area contributed by atoms with Gasteiger partial charge in [0.15, 0.2) is 0 Å². The van der Waals surface area contributed by atoms with Gasteiger partial charge in [0.2, 0.25) is 0 Å². The van der Waals surface area contributed by atoms with Crippen molar-refractivity contribution in [2.24, 2.45) is 0 Å². The predicted octanol–water partition coefficient (Wildman–Crippen LogP) is 2.74. The normalized spacial score (nSPS) is 12.8. The number of rotatable bonds is 4. The van der Waals surface area contributed by atoms with Crippen LogP contribution in [0.2, 0.25) is 0 Å². The summed E-state index contributed by atoms with van der Waals surface area (Å²) >= 11 is 0. The van der Waals surface area contributed by atoms with Crippen LogP contribution in [-0.4, -0.2) is 45.5 Å². The number of benzene rings is 1. The fourth-order valence-electron chi connectivity index (χ4n) is 1.87. The van der Waals surface area contributed by atoms with Gasteiger partial charge in [-0.1, -0.05) is 0 Å². The fraction of sp³-hybridized carbons (Fsp3) is 0.333. The molecule has 130 valence electrons. The summed E-state index contributed by atoms with van der Waals surface area (Å²) in [5.74, 6) is 0. The summed E-state index contributed by atoms with van der Waals surface area (Å²) in [7, 11) is 1.54. The molecular weight excluding hydrogens is 325 g/mol. The molecule has 0 aliphatic rings. The summed E-state index contributed by atoms with van der Waals surface area (Å²) in [6.07, 6.45) is -1.53. The van der Waals surface area contributed by atoms with Gasteiger partial charge >= 0.3 is 12.2 Å². The van der Waals surface area contributed by atoms with Crippen molar-refractivity contribution >= 4 is 11.7 Å². The number of urea groups is 1. The largest absolute Gasteiger partial charge is 0.416 e. The van der Waals surface area contributed by atoms with Gasteiger partial charge in [-0.15, -0.1) is 0 Å². The summed E-state index contributed by atoms with van der Waals surface area (Å²) in [5, 5.41) is 15.6. The SMILES string of the molecule is CC(CO)N(C)C(=O)Nc1cnn(-c2ccc(C(F)(F)F)cc2)c1. The first-order valence-corrected chi connectivity index (χ1v) is 7.09. The number of anilines is 1. The summed E-state index contributed by atoms with van der Waals surface area (Å²) < 4.78 is 39.0. The van der Waals surface area contributed by atoms with Gasteiger partial charge in [-0.05, 0) is 31.2 Å². The van der Waals surface area contributed by atoms with Gasteiger partial charge in [-0.25, -0.2) is 9.48 Å². The van der Waals surface area contributed by atoms with E-state index < -0.39 is 17.8 Å². The third-order valence-electron chi connectivity index (χ3n) is 3.54. The number of nitrogens with zero attached hydrogens (tertiary/aromatic N) is 3. The molecule has 0 bridgehead atoms. The average Bonchev–Trinajstić information content (AvgIpc) is 3.01. The fourth-order valence-corrected chi connectivity index (χ4v) is 1.87. The average molecular weight is 342 g/mol. The quantitative estimate of drug-likeness (QED) is 0.898. The lowest BCUT2D eigenvalue weighted by molar-refractivity contribution is -0.137. The highest BCUT2D eigenvalue weighted by atomic mass is 19.4. The van der Waals surface area contributed by atoms with Crippen molar-refractivity contribution in [3.63, 3.8) is 0 Å². The van der Waals surface area contributed by atoms with Crippen LogP contribution in [0.3, 0.4) is 0 Å². The van der Waals surface area contributed by atoms with Crippen LogP contribution in [0.4, 0.5) is 23.7 Å². The molecule has 0 radical (unpaired) electrons. The highest BCUT2D eigenvalue weighted by Gasteiger charge is 2.30. The van der Waals surface area contributed by atoms with Crippen molar-refractivity contribution in [3.05, 3.63) is 42.2 Å². The Morgan fingerprint density at radius 1 is 1.38 bits per heavy atom. The van der Waals surface area contributed by atoms with Gasteiger partial charge < -0.3 is 15.3 Å². The van der Waals surface area contributed by atoms with Crippen molar-refractivity contribution in [1.82, 2.24) is 14.7 Å². The van der Waals surface area contributed by atoms with Crippen LogP contribution in [0, 0.1) is 0 Å². The Balaban J connectivity index is 2.09. The van der Waals surface area contributed by atoms with E-state index in [0.29, 0.717) is 11.4 Å². The molecule has 0 aliphatic carbocycles. The lowest BCUT2D eigenvalue weighted by Crippen LogP contribution is -2.40. The highest BCUT2D eigenvalue weighted by molar-refractivity contribution is 5.89. The molecule has 1 atom stereocenters. The second-order valence-corrected chi connectivity index (χ2v) is 5.29. The maximum absolute atomic E-state index is 12.5. The molecule has 0 saturated carbocycles. The number of aromatic nitrogens is 2. The molecule has 0 aliphatic heterocycles. The maximum Gasteiger partial charge on any atom is 0.416 e. The molecule has 6 nitrogen and oxygen atoms in total. The Hall–Kier alpha value is -2.55. The van der Waals surface area contributed by atoms with Gasteiger partial charge in [-0.3, -0.25) is 0 Å². The van der Waals surface area contributed by atoms with E-state index in [9.17, 15) is 18.0 Å². The number of hydrogen-bond acceptors (Lipinski definition) is 3. The van der Waals surface area contributed by atoms with Gasteiger partial charge in [0.1, 0.15) is 0 Å². The van der Waals surface area contributed by atoms with Crippen molar-refractivity contribution in [1.29, 1.82) is 0 Å². The van der Waals surface area contributed by atoms with Gasteiger partial charge in [0, 0.05) is 7.05 Å². The van der Waals surface area contributed by atoms with E-state index in [-0.39, 0.29) is 12.6 Å². The highest BCUT2D eigenvalue weighted by Crippen LogP contribution is 2.29. The molecule has 9 heteroatoms. The molecule has 2 aromatic rings. The number of nitrogens with one attached hydrogen (secondary N) is 1. The van der Waals surface area contributed by atoms with Crippen molar-refractivity contribution < 1.29 is 23.1 Å². The second-order valence-electron chi connectivity index (χ2n) is 5.29. The molecule has 0 fully saturated rings. The van der Waals surface area contributed by atoms with Gasteiger partial charge in [0.05, 0.1) is 42.0 Å². The molecule has 2 N–H and O–H groups in total. The van der Waals surface area contributed by atoms with E-state index >= 15 is 0 Å². The van der Waals surface area contributed by atoms with Crippen LogP contribution in [0.1, 0.15) is 12.5 Å². The third-order valence-corrected chi connectivity index (χ3v) is 3.54. The van der Waals surface area contributed by atoms with E-state index in [2.05, 4.69) is 10.4 Å². The standard InChI is InChI=1S/C15H17F3N4O2/c1-10(9-23)21(2)14(24)20-12-7-19-22(8-12)13-5-3-11(4-6-13)15(16,17)18/h3-8,10,23H,9H2,1-2H3,(H,20,24). The number of hydrogen-bond donors (Lipinski definition) is 2. The minimum Gasteiger partial charge on any atom is -0.394 e. The lowest BCUT2D eigenvalue weighted by Gasteiger charge is -2.22. The van der Waals surface area contributed by atoms with Crippen molar-refractivity contribution in [3.8, 4) is 5.69 Å². The van der Waals surface area contributed by atoms with Gasteiger partial charge in [0.25, 0.3) is 0 Å². The Bertz CT molecular complexity index is 697. The predicted molar refractivity (Wildman–Crippen MR) is 81.9 cm³/mol.